The number of morpholine rings is 1. The number of rotatable bonds is 3. The molecule has 1 aromatic carbocycles. The molecule has 2 aliphatic rings. The SMILES string of the molecule is Nc1cc(Cl)c(NC(=O)CN2CC3CCC(C2)O3)c(Cl)c1. The van der Waals surface area contributed by atoms with Crippen LogP contribution in [0.2, 0.25) is 10.0 Å². The molecule has 1 amide bonds. The first-order chi connectivity index (χ1) is 10.0. The van der Waals surface area contributed by atoms with Crippen LogP contribution in [0.15, 0.2) is 12.1 Å². The molecule has 3 N–H and O–H groups in total. The van der Waals surface area contributed by atoms with Gasteiger partial charge >= 0.3 is 0 Å². The predicted octanol–water partition coefficient (Wildman–Crippen LogP) is 2.38. The van der Waals surface area contributed by atoms with Gasteiger partial charge in [-0.25, -0.2) is 0 Å². The number of carbonyl (C=O) groups is 1. The maximum atomic E-state index is 12.2. The zero-order valence-corrected chi connectivity index (χ0v) is 13.0. The number of nitrogens with two attached hydrogens (primary N) is 1. The van der Waals surface area contributed by atoms with E-state index in [9.17, 15) is 4.79 Å². The highest BCUT2D eigenvalue weighted by Crippen LogP contribution is 2.33. The average molecular weight is 330 g/mol. The molecule has 3 rings (SSSR count). The summed E-state index contributed by atoms with van der Waals surface area (Å²) < 4.78 is 5.75. The molecule has 1 aromatic rings. The van der Waals surface area contributed by atoms with Crippen LogP contribution in [-0.2, 0) is 9.53 Å². The van der Waals surface area contributed by atoms with E-state index in [0.29, 0.717) is 28.0 Å². The molecule has 0 radical (unpaired) electrons. The Bertz CT molecular complexity index is 532. The summed E-state index contributed by atoms with van der Waals surface area (Å²) in [6.07, 6.45) is 2.69. The molecule has 114 valence electrons. The Morgan fingerprint density at radius 3 is 2.43 bits per heavy atom. The number of hydrogen-bond donors (Lipinski definition) is 2. The van der Waals surface area contributed by atoms with Gasteiger partial charge in [0, 0.05) is 18.8 Å². The van der Waals surface area contributed by atoms with Crippen LogP contribution >= 0.6 is 23.2 Å². The quantitative estimate of drug-likeness (QED) is 0.835. The smallest absolute Gasteiger partial charge is 0.238 e. The van der Waals surface area contributed by atoms with Gasteiger partial charge in [-0.3, -0.25) is 9.69 Å². The van der Waals surface area contributed by atoms with E-state index in [1.54, 1.807) is 12.1 Å². The molecule has 2 fully saturated rings. The molecular weight excluding hydrogens is 313 g/mol. The fourth-order valence-corrected chi connectivity index (χ4v) is 3.52. The summed E-state index contributed by atoms with van der Waals surface area (Å²) in [6, 6.07) is 3.13. The molecule has 2 bridgehead atoms. The summed E-state index contributed by atoms with van der Waals surface area (Å²) in [5, 5.41) is 3.45. The Morgan fingerprint density at radius 2 is 1.86 bits per heavy atom. The van der Waals surface area contributed by atoms with Crippen molar-refractivity contribution in [2.24, 2.45) is 0 Å². The monoisotopic (exact) mass is 329 g/mol. The molecular formula is C14H17Cl2N3O2. The number of halogens is 2. The van der Waals surface area contributed by atoms with E-state index in [1.165, 1.54) is 0 Å². The molecule has 7 heteroatoms. The van der Waals surface area contributed by atoms with Crippen molar-refractivity contribution in [3.8, 4) is 0 Å². The second-order valence-electron chi connectivity index (χ2n) is 5.56. The van der Waals surface area contributed by atoms with Crippen molar-refractivity contribution in [2.45, 2.75) is 25.0 Å². The highest BCUT2D eigenvalue weighted by Gasteiger charge is 2.34. The highest BCUT2D eigenvalue weighted by atomic mass is 35.5. The van der Waals surface area contributed by atoms with Gasteiger partial charge in [-0.1, -0.05) is 23.2 Å². The van der Waals surface area contributed by atoms with E-state index in [-0.39, 0.29) is 18.1 Å². The van der Waals surface area contributed by atoms with Gasteiger partial charge in [0.1, 0.15) is 0 Å². The lowest BCUT2D eigenvalue weighted by molar-refractivity contribution is -0.119. The van der Waals surface area contributed by atoms with Crippen LogP contribution in [0.25, 0.3) is 0 Å². The molecule has 0 spiro atoms. The maximum absolute atomic E-state index is 12.2. The minimum absolute atomic E-state index is 0.134. The third-order valence-electron chi connectivity index (χ3n) is 3.82. The zero-order chi connectivity index (χ0) is 15.0. The minimum Gasteiger partial charge on any atom is -0.399 e. The van der Waals surface area contributed by atoms with Crippen molar-refractivity contribution in [2.75, 3.05) is 30.7 Å². The Labute approximate surface area is 133 Å². The Balaban J connectivity index is 1.62. The van der Waals surface area contributed by atoms with Gasteiger partial charge in [-0.05, 0) is 25.0 Å². The third-order valence-corrected chi connectivity index (χ3v) is 4.41. The number of hydrogen-bond acceptors (Lipinski definition) is 4. The summed E-state index contributed by atoms with van der Waals surface area (Å²) in [6.45, 7) is 1.91. The van der Waals surface area contributed by atoms with Crippen molar-refractivity contribution in [3.05, 3.63) is 22.2 Å². The number of ether oxygens (including phenoxy) is 1. The predicted molar refractivity (Wildman–Crippen MR) is 83.8 cm³/mol. The molecule has 2 atom stereocenters. The van der Waals surface area contributed by atoms with E-state index >= 15 is 0 Å². The van der Waals surface area contributed by atoms with E-state index in [0.717, 1.165) is 25.9 Å². The Morgan fingerprint density at radius 1 is 1.29 bits per heavy atom. The van der Waals surface area contributed by atoms with Gasteiger partial charge in [0.2, 0.25) is 5.91 Å². The molecule has 2 saturated heterocycles. The molecule has 21 heavy (non-hydrogen) atoms. The first-order valence-electron chi connectivity index (χ1n) is 6.93. The normalized spacial score (nSPS) is 25.0. The van der Waals surface area contributed by atoms with Crippen molar-refractivity contribution < 1.29 is 9.53 Å². The van der Waals surface area contributed by atoms with Crippen LogP contribution in [-0.4, -0.2) is 42.6 Å². The van der Waals surface area contributed by atoms with Crippen LogP contribution in [0.5, 0.6) is 0 Å². The number of likely N-dealkylation sites (tertiary alicyclic amines) is 1. The molecule has 0 aromatic heterocycles. The second kappa shape index (κ2) is 6.01. The second-order valence-corrected chi connectivity index (χ2v) is 6.37. The minimum atomic E-state index is -0.134. The molecule has 2 unspecified atom stereocenters. The molecule has 0 aliphatic carbocycles. The lowest BCUT2D eigenvalue weighted by atomic mass is 10.2. The fraction of sp³-hybridized carbons (Fsp3) is 0.500. The largest absolute Gasteiger partial charge is 0.399 e. The van der Waals surface area contributed by atoms with Gasteiger partial charge in [-0.2, -0.15) is 0 Å². The Hall–Kier alpha value is -1.01. The number of nitrogens with zero attached hydrogens (tertiary/aromatic N) is 1. The highest BCUT2D eigenvalue weighted by molar-refractivity contribution is 6.40. The number of amides is 1. The first-order valence-corrected chi connectivity index (χ1v) is 7.69. The number of nitrogen functional groups attached to an aromatic ring is 1. The molecule has 2 heterocycles. The van der Waals surface area contributed by atoms with E-state index in [2.05, 4.69) is 10.2 Å². The van der Waals surface area contributed by atoms with Crippen molar-refractivity contribution >= 4 is 40.5 Å². The maximum Gasteiger partial charge on any atom is 0.238 e. The van der Waals surface area contributed by atoms with Gasteiger partial charge < -0.3 is 15.8 Å². The summed E-state index contributed by atoms with van der Waals surface area (Å²) in [4.78, 5) is 14.3. The summed E-state index contributed by atoms with van der Waals surface area (Å²) in [5.74, 6) is -0.134. The van der Waals surface area contributed by atoms with Crippen LogP contribution in [0, 0.1) is 0 Å². The number of nitrogens with one attached hydrogen (secondary N) is 1. The van der Waals surface area contributed by atoms with Crippen LogP contribution in [0.3, 0.4) is 0 Å². The topological polar surface area (TPSA) is 67.6 Å². The third kappa shape index (κ3) is 3.43. The van der Waals surface area contributed by atoms with Crippen molar-refractivity contribution in [1.29, 1.82) is 0 Å². The standard InChI is InChI=1S/C14H17Cl2N3O2/c15-11-3-8(17)4-12(16)14(11)18-13(20)7-19-5-9-1-2-10(6-19)21-9/h3-4,9-10H,1-2,5-7,17H2,(H,18,20). The fourth-order valence-electron chi connectivity index (χ4n) is 2.92. The van der Waals surface area contributed by atoms with Crippen LogP contribution < -0.4 is 11.1 Å². The van der Waals surface area contributed by atoms with Crippen molar-refractivity contribution in [3.63, 3.8) is 0 Å². The van der Waals surface area contributed by atoms with E-state index in [1.807, 2.05) is 0 Å². The zero-order valence-electron chi connectivity index (χ0n) is 11.4. The number of carbonyl (C=O) groups excluding carboxylic acids is 1. The number of fused-ring (bicyclic) bond motifs is 2. The van der Waals surface area contributed by atoms with Gasteiger partial charge in [0.25, 0.3) is 0 Å². The van der Waals surface area contributed by atoms with Gasteiger partial charge in [0.15, 0.2) is 0 Å². The lowest BCUT2D eigenvalue weighted by Crippen LogP contribution is -2.45. The molecule has 0 saturated carbocycles. The number of benzene rings is 1. The van der Waals surface area contributed by atoms with Gasteiger partial charge in [0.05, 0.1) is 34.5 Å². The molecule has 5 nitrogen and oxygen atoms in total. The van der Waals surface area contributed by atoms with E-state index < -0.39 is 0 Å². The summed E-state index contributed by atoms with van der Waals surface area (Å²) >= 11 is 12.1. The first kappa shape index (κ1) is 14.9. The lowest BCUT2D eigenvalue weighted by Gasteiger charge is -2.31. The summed E-state index contributed by atoms with van der Waals surface area (Å²) in [5.41, 5.74) is 6.52. The molecule has 2 aliphatic heterocycles. The Kier molecular flexibility index (Phi) is 4.26. The van der Waals surface area contributed by atoms with Crippen LogP contribution in [0.1, 0.15) is 12.8 Å². The average Bonchev–Trinajstić information content (AvgIpc) is 2.73. The van der Waals surface area contributed by atoms with Gasteiger partial charge in [-0.15, -0.1) is 0 Å². The van der Waals surface area contributed by atoms with Crippen LogP contribution in [0.4, 0.5) is 11.4 Å². The number of anilines is 2. The van der Waals surface area contributed by atoms with Crippen molar-refractivity contribution in [1.82, 2.24) is 4.90 Å². The van der Waals surface area contributed by atoms with E-state index in [4.69, 9.17) is 33.7 Å². The summed E-state index contributed by atoms with van der Waals surface area (Å²) in [7, 11) is 0.